The second kappa shape index (κ2) is 11.5. The Balaban J connectivity index is 2.39. The Morgan fingerprint density at radius 1 is 1.00 bits per heavy atom. The van der Waals surface area contributed by atoms with E-state index in [9.17, 15) is 14.4 Å². The van der Waals surface area contributed by atoms with E-state index in [4.69, 9.17) is 14.2 Å². The van der Waals surface area contributed by atoms with Gasteiger partial charge in [0.2, 0.25) is 0 Å². The van der Waals surface area contributed by atoms with Crippen molar-refractivity contribution in [3.63, 3.8) is 0 Å². The van der Waals surface area contributed by atoms with E-state index in [1.807, 2.05) is 13.8 Å². The molecular weight excluding hydrogens is 338 g/mol. The molecule has 0 spiro atoms. The summed E-state index contributed by atoms with van der Waals surface area (Å²) in [6, 6.07) is -0.369. The van der Waals surface area contributed by atoms with Crippen LogP contribution in [0.2, 0.25) is 0 Å². The van der Waals surface area contributed by atoms with Crippen molar-refractivity contribution in [2.75, 3.05) is 6.61 Å². The average Bonchev–Trinajstić information content (AvgIpc) is 2.56. The Morgan fingerprint density at radius 2 is 1.62 bits per heavy atom. The molecule has 1 N–H and O–H groups in total. The first-order chi connectivity index (χ1) is 12.3. The Morgan fingerprint density at radius 3 is 2.19 bits per heavy atom. The van der Waals surface area contributed by atoms with Crippen molar-refractivity contribution < 1.29 is 28.6 Å². The fourth-order valence-corrected chi connectivity index (χ4v) is 2.55. The third kappa shape index (κ3) is 9.44. The van der Waals surface area contributed by atoms with Gasteiger partial charge in [-0.3, -0.25) is 0 Å². The number of ether oxygens (including phenoxy) is 3. The minimum atomic E-state index is -0.668. The van der Waals surface area contributed by atoms with Gasteiger partial charge in [-0.1, -0.05) is 20.3 Å². The van der Waals surface area contributed by atoms with Gasteiger partial charge in [-0.2, -0.15) is 0 Å². The van der Waals surface area contributed by atoms with Gasteiger partial charge in [-0.25, -0.2) is 14.4 Å². The molecule has 1 unspecified atom stereocenters. The molecular formula is C19H31NO6. The molecule has 0 aromatic carbocycles. The summed E-state index contributed by atoms with van der Waals surface area (Å²) in [5.74, 6) is -1.22. The Bertz CT molecular complexity index is 494. The first-order valence-electron chi connectivity index (χ1n) is 9.30. The lowest BCUT2D eigenvalue weighted by atomic mass is 9.98. The lowest BCUT2D eigenvalue weighted by Gasteiger charge is -2.25. The van der Waals surface area contributed by atoms with Crippen LogP contribution in [0.25, 0.3) is 0 Å². The van der Waals surface area contributed by atoms with Crippen molar-refractivity contribution in [3.8, 4) is 0 Å². The molecule has 1 rings (SSSR count). The summed E-state index contributed by atoms with van der Waals surface area (Å²) >= 11 is 0. The highest BCUT2D eigenvalue weighted by atomic mass is 16.6. The van der Waals surface area contributed by atoms with Crippen molar-refractivity contribution >= 4 is 18.0 Å². The smallest absolute Gasteiger partial charge is 0.407 e. The molecule has 0 saturated heterocycles. The summed E-state index contributed by atoms with van der Waals surface area (Å²) in [7, 11) is 0. The van der Waals surface area contributed by atoms with E-state index in [1.54, 1.807) is 13.8 Å². The highest BCUT2D eigenvalue weighted by Crippen LogP contribution is 2.20. The summed E-state index contributed by atoms with van der Waals surface area (Å²) in [5.41, 5.74) is 0. The molecule has 0 heterocycles. The van der Waals surface area contributed by atoms with Gasteiger partial charge >= 0.3 is 18.0 Å². The van der Waals surface area contributed by atoms with E-state index in [1.165, 1.54) is 6.42 Å². The zero-order chi connectivity index (χ0) is 19.5. The van der Waals surface area contributed by atoms with Gasteiger partial charge in [-0.05, 0) is 45.4 Å². The molecule has 1 aliphatic rings. The number of alkyl carbamates (subject to hydrolysis) is 1. The summed E-state index contributed by atoms with van der Waals surface area (Å²) in [4.78, 5) is 35.1. The number of esters is 2. The Hall–Kier alpha value is -2.05. The first-order valence-corrected chi connectivity index (χ1v) is 9.30. The van der Waals surface area contributed by atoms with Crippen LogP contribution in [-0.2, 0) is 23.8 Å². The van der Waals surface area contributed by atoms with Crippen LogP contribution in [-0.4, -0.2) is 42.9 Å². The Kier molecular flexibility index (Phi) is 9.76. The van der Waals surface area contributed by atoms with Crippen LogP contribution in [0, 0.1) is 5.92 Å². The summed E-state index contributed by atoms with van der Waals surface area (Å²) in [6.07, 6.45) is 6.40. The van der Waals surface area contributed by atoms with Crippen LogP contribution in [0.3, 0.4) is 0 Å². The maximum Gasteiger partial charge on any atom is 0.407 e. The molecule has 7 heteroatoms. The number of carbonyl (C=O) groups excluding carboxylic acids is 3. The normalized spacial score (nSPS) is 16.5. The molecule has 26 heavy (non-hydrogen) atoms. The topological polar surface area (TPSA) is 90.9 Å². The summed E-state index contributed by atoms with van der Waals surface area (Å²) in [6.45, 7) is 7.26. The first kappa shape index (κ1) is 22.0. The van der Waals surface area contributed by atoms with Crippen molar-refractivity contribution in [1.82, 2.24) is 5.32 Å². The second-order valence-electron chi connectivity index (χ2n) is 7.11. The minimum absolute atomic E-state index is 0.000164. The van der Waals surface area contributed by atoms with Gasteiger partial charge in [-0.15, -0.1) is 0 Å². The fraction of sp³-hybridized carbons (Fsp3) is 0.737. The lowest BCUT2D eigenvalue weighted by Crippen LogP contribution is -2.43. The van der Waals surface area contributed by atoms with Crippen LogP contribution < -0.4 is 5.32 Å². The van der Waals surface area contributed by atoms with Crippen molar-refractivity contribution in [2.45, 2.75) is 78.0 Å². The van der Waals surface area contributed by atoms with E-state index in [-0.39, 0.29) is 30.8 Å². The van der Waals surface area contributed by atoms with Gasteiger partial charge in [0.15, 0.2) is 0 Å². The largest absolute Gasteiger partial charge is 0.460 e. The lowest BCUT2D eigenvalue weighted by molar-refractivity contribution is -0.143. The van der Waals surface area contributed by atoms with Crippen molar-refractivity contribution in [2.24, 2.45) is 5.92 Å². The molecule has 0 bridgehead atoms. The third-order valence-corrected chi connectivity index (χ3v) is 4.05. The highest BCUT2D eigenvalue weighted by Gasteiger charge is 2.22. The molecule has 0 aliphatic heterocycles. The molecule has 0 aromatic heterocycles. The van der Waals surface area contributed by atoms with Crippen LogP contribution in [0.5, 0.6) is 0 Å². The molecule has 148 valence electrons. The summed E-state index contributed by atoms with van der Waals surface area (Å²) < 4.78 is 15.4. The van der Waals surface area contributed by atoms with Gasteiger partial charge < -0.3 is 19.5 Å². The fourth-order valence-electron chi connectivity index (χ4n) is 2.55. The van der Waals surface area contributed by atoms with E-state index in [0.717, 1.165) is 37.8 Å². The maximum absolute atomic E-state index is 12.0. The maximum atomic E-state index is 12.0. The van der Waals surface area contributed by atoms with Gasteiger partial charge in [0.1, 0.15) is 12.7 Å². The van der Waals surface area contributed by atoms with Crippen molar-refractivity contribution in [3.05, 3.63) is 12.2 Å². The number of hydrogen-bond acceptors (Lipinski definition) is 6. The number of carbonyl (C=O) groups is 3. The zero-order valence-electron chi connectivity index (χ0n) is 16.2. The predicted octanol–water partition coefficient (Wildman–Crippen LogP) is 3.12. The predicted molar refractivity (Wildman–Crippen MR) is 96.4 cm³/mol. The number of amides is 1. The van der Waals surface area contributed by atoms with E-state index in [0.29, 0.717) is 0 Å². The molecule has 1 saturated carbocycles. The van der Waals surface area contributed by atoms with E-state index in [2.05, 4.69) is 5.32 Å². The number of rotatable bonds is 8. The molecule has 1 amide bonds. The van der Waals surface area contributed by atoms with Crippen LogP contribution >= 0.6 is 0 Å². The molecule has 1 atom stereocenters. The van der Waals surface area contributed by atoms with Gasteiger partial charge in [0.25, 0.3) is 0 Å². The molecule has 0 radical (unpaired) electrons. The second-order valence-corrected chi connectivity index (χ2v) is 7.11. The van der Waals surface area contributed by atoms with Crippen LogP contribution in [0.4, 0.5) is 4.79 Å². The zero-order valence-corrected chi connectivity index (χ0v) is 16.2. The Labute approximate surface area is 155 Å². The molecule has 0 aromatic rings. The van der Waals surface area contributed by atoms with Gasteiger partial charge in [0, 0.05) is 12.2 Å². The third-order valence-electron chi connectivity index (χ3n) is 4.05. The molecule has 1 aliphatic carbocycles. The molecule has 1 fully saturated rings. The number of nitrogens with one attached hydrogen (secondary N) is 1. The van der Waals surface area contributed by atoms with Crippen molar-refractivity contribution in [1.29, 1.82) is 0 Å². The quantitative estimate of drug-likeness (QED) is 0.402. The van der Waals surface area contributed by atoms with Crippen LogP contribution in [0.15, 0.2) is 12.2 Å². The van der Waals surface area contributed by atoms with Gasteiger partial charge in [0.05, 0.1) is 12.1 Å². The highest BCUT2D eigenvalue weighted by molar-refractivity contribution is 5.91. The van der Waals surface area contributed by atoms with E-state index < -0.39 is 18.0 Å². The standard InChI is InChI=1S/C19H31NO6/c1-13(2)16(20-19(23)26-15-8-6-5-7-9-15)12-24-17(21)10-11-18(22)25-14(3)4/h10-11,13-16H,5-9,12H2,1-4H3,(H,20,23). The van der Waals surface area contributed by atoms with E-state index >= 15 is 0 Å². The monoisotopic (exact) mass is 369 g/mol. The minimum Gasteiger partial charge on any atom is -0.460 e. The molecule has 7 nitrogen and oxygen atoms in total. The number of hydrogen-bond donors (Lipinski definition) is 1. The summed E-state index contributed by atoms with van der Waals surface area (Å²) in [5, 5.41) is 2.76. The average molecular weight is 369 g/mol. The van der Waals surface area contributed by atoms with Crippen LogP contribution in [0.1, 0.15) is 59.8 Å². The SMILES string of the molecule is CC(C)OC(=O)C=CC(=O)OCC(NC(=O)OC1CCCCC1)C(C)C.